The van der Waals surface area contributed by atoms with Gasteiger partial charge in [-0.1, -0.05) is 34.1 Å². The molecule has 84 valence electrons. The van der Waals surface area contributed by atoms with E-state index >= 15 is 0 Å². The maximum absolute atomic E-state index is 5.92. The lowest BCUT2D eigenvalue weighted by molar-refractivity contribution is 0.321. The third kappa shape index (κ3) is 5.01. The monoisotopic (exact) mass is 289 g/mol. The summed E-state index contributed by atoms with van der Waals surface area (Å²) < 4.78 is 1.18. The van der Waals surface area contributed by atoms with Crippen LogP contribution in [-0.4, -0.2) is 23.9 Å². The first-order chi connectivity index (χ1) is 7.09. The smallest absolute Gasteiger partial charge is 0.0320 e. The van der Waals surface area contributed by atoms with Gasteiger partial charge in [-0.05, 0) is 38.6 Å². The van der Waals surface area contributed by atoms with Gasteiger partial charge in [0.2, 0.25) is 0 Å². The maximum Gasteiger partial charge on any atom is 0.0320 e. The van der Waals surface area contributed by atoms with Crippen LogP contribution >= 0.6 is 27.5 Å². The minimum Gasteiger partial charge on any atom is -0.302 e. The third-order valence-corrected chi connectivity index (χ3v) is 3.30. The van der Waals surface area contributed by atoms with E-state index in [0.717, 1.165) is 19.5 Å². The summed E-state index contributed by atoms with van der Waals surface area (Å²) in [6.07, 6.45) is 1.03. The molecule has 0 amide bonds. The fraction of sp³-hybridized carbons (Fsp3) is 0.500. The topological polar surface area (TPSA) is 3.24 Å². The number of alkyl halides is 1. The molecule has 0 saturated heterocycles. The maximum atomic E-state index is 5.92. The number of rotatable bonds is 5. The van der Waals surface area contributed by atoms with Crippen molar-refractivity contribution >= 4 is 27.5 Å². The van der Waals surface area contributed by atoms with Crippen molar-refractivity contribution < 1.29 is 0 Å². The van der Waals surface area contributed by atoms with E-state index in [9.17, 15) is 0 Å². The highest BCUT2D eigenvalue weighted by Gasteiger charge is 2.04. The lowest BCUT2D eigenvalue weighted by atomic mass is 10.2. The summed E-state index contributed by atoms with van der Waals surface area (Å²) in [5, 5.41) is 0.256. The second-order valence-corrected chi connectivity index (χ2v) is 5.50. The SMILES string of the molecule is CC(Cl)CCN(C)Cc1ccccc1Br. The summed E-state index contributed by atoms with van der Waals surface area (Å²) in [5.41, 5.74) is 1.32. The minimum atomic E-state index is 0.256. The molecule has 0 heterocycles. The van der Waals surface area contributed by atoms with Crippen LogP contribution in [-0.2, 0) is 6.54 Å². The van der Waals surface area contributed by atoms with Gasteiger partial charge in [-0.2, -0.15) is 0 Å². The summed E-state index contributed by atoms with van der Waals surface area (Å²) in [6, 6.07) is 8.32. The molecule has 0 spiro atoms. The molecule has 1 nitrogen and oxygen atoms in total. The van der Waals surface area contributed by atoms with Gasteiger partial charge in [0.1, 0.15) is 0 Å². The van der Waals surface area contributed by atoms with Crippen molar-refractivity contribution in [2.45, 2.75) is 25.3 Å². The molecule has 0 aromatic heterocycles. The predicted octanol–water partition coefficient (Wildman–Crippen LogP) is 3.90. The Labute approximate surface area is 106 Å². The molecule has 0 saturated carbocycles. The van der Waals surface area contributed by atoms with Crippen molar-refractivity contribution in [2.24, 2.45) is 0 Å². The average Bonchev–Trinajstić information content (AvgIpc) is 2.18. The molecule has 0 aliphatic heterocycles. The van der Waals surface area contributed by atoms with E-state index in [0.29, 0.717) is 0 Å². The van der Waals surface area contributed by atoms with Gasteiger partial charge in [0, 0.05) is 16.4 Å². The van der Waals surface area contributed by atoms with E-state index in [1.54, 1.807) is 0 Å². The zero-order chi connectivity index (χ0) is 11.3. The van der Waals surface area contributed by atoms with Gasteiger partial charge in [0.15, 0.2) is 0 Å². The fourth-order valence-corrected chi connectivity index (χ4v) is 1.90. The molecule has 0 aliphatic carbocycles. The van der Waals surface area contributed by atoms with E-state index in [4.69, 9.17) is 11.6 Å². The van der Waals surface area contributed by atoms with Crippen LogP contribution < -0.4 is 0 Å². The Morgan fingerprint density at radius 2 is 2.07 bits per heavy atom. The summed E-state index contributed by atoms with van der Waals surface area (Å²) in [6.45, 7) is 4.03. The standard InChI is InChI=1S/C12H17BrClN/c1-10(14)7-8-15(2)9-11-5-3-4-6-12(11)13/h3-6,10H,7-9H2,1-2H3. The van der Waals surface area contributed by atoms with Crippen molar-refractivity contribution in [3.8, 4) is 0 Å². The summed E-state index contributed by atoms with van der Waals surface area (Å²) in [4.78, 5) is 2.29. The molecule has 0 aliphatic rings. The van der Waals surface area contributed by atoms with Gasteiger partial charge in [-0.15, -0.1) is 11.6 Å². The first-order valence-corrected chi connectivity index (χ1v) is 6.38. The van der Waals surface area contributed by atoms with Crippen molar-refractivity contribution in [1.29, 1.82) is 0 Å². The summed E-state index contributed by atoms with van der Waals surface area (Å²) in [5.74, 6) is 0. The van der Waals surface area contributed by atoms with Crippen LogP contribution in [0.25, 0.3) is 0 Å². The quantitative estimate of drug-likeness (QED) is 0.744. The highest BCUT2D eigenvalue weighted by Crippen LogP contribution is 2.17. The largest absolute Gasteiger partial charge is 0.302 e. The zero-order valence-corrected chi connectivity index (χ0v) is 11.6. The highest BCUT2D eigenvalue weighted by molar-refractivity contribution is 9.10. The van der Waals surface area contributed by atoms with Crippen LogP contribution in [0.1, 0.15) is 18.9 Å². The Balaban J connectivity index is 2.44. The van der Waals surface area contributed by atoms with Gasteiger partial charge >= 0.3 is 0 Å². The van der Waals surface area contributed by atoms with Crippen molar-refractivity contribution in [1.82, 2.24) is 4.90 Å². The first kappa shape index (κ1) is 13.0. The second-order valence-electron chi connectivity index (χ2n) is 3.90. The molecule has 1 rings (SSSR count). The van der Waals surface area contributed by atoms with Crippen LogP contribution in [0.15, 0.2) is 28.7 Å². The Morgan fingerprint density at radius 1 is 1.40 bits per heavy atom. The first-order valence-electron chi connectivity index (χ1n) is 5.15. The van der Waals surface area contributed by atoms with E-state index in [1.807, 2.05) is 13.0 Å². The number of nitrogens with zero attached hydrogens (tertiary/aromatic N) is 1. The highest BCUT2D eigenvalue weighted by atomic mass is 79.9. The Bertz CT molecular complexity index is 301. The fourth-order valence-electron chi connectivity index (χ4n) is 1.39. The van der Waals surface area contributed by atoms with Crippen LogP contribution in [0.3, 0.4) is 0 Å². The number of benzene rings is 1. The molecule has 0 fully saturated rings. The lowest BCUT2D eigenvalue weighted by Gasteiger charge is -2.18. The van der Waals surface area contributed by atoms with Gasteiger partial charge in [0.25, 0.3) is 0 Å². The molecule has 3 heteroatoms. The van der Waals surface area contributed by atoms with Crippen LogP contribution in [0, 0.1) is 0 Å². The number of hydrogen-bond acceptors (Lipinski definition) is 1. The minimum absolute atomic E-state index is 0.256. The zero-order valence-electron chi connectivity index (χ0n) is 9.21. The number of halogens is 2. The van der Waals surface area contributed by atoms with E-state index in [-0.39, 0.29) is 5.38 Å². The van der Waals surface area contributed by atoms with Crippen LogP contribution in [0.2, 0.25) is 0 Å². The molecule has 1 atom stereocenters. The van der Waals surface area contributed by atoms with Gasteiger partial charge in [-0.3, -0.25) is 0 Å². The van der Waals surface area contributed by atoms with E-state index in [1.165, 1.54) is 10.0 Å². The van der Waals surface area contributed by atoms with Crippen LogP contribution in [0.5, 0.6) is 0 Å². The lowest BCUT2D eigenvalue weighted by Crippen LogP contribution is -2.21. The molecular weight excluding hydrogens is 273 g/mol. The molecule has 1 aromatic carbocycles. The van der Waals surface area contributed by atoms with E-state index in [2.05, 4.69) is 46.1 Å². The number of hydrogen-bond donors (Lipinski definition) is 0. The van der Waals surface area contributed by atoms with Gasteiger partial charge in [-0.25, -0.2) is 0 Å². The Kier molecular flexibility index (Phi) is 5.65. The molecule has 0 radical (unpaired) electrons. The Hall–Kier alpha value is -0.0500. The normalized spacial score (nSPS) is 13.1. The third-order valence-electron chi connectivity index (χ3n) is 2.31. The summed E-state index contributed by atoms with van der Waals surface area (Å²) in [7, 11) is 2.12. The predicted molar refractivity (Wildman–Crippen MR) is 70.4 cm³/mol. The van der Waals surface area contributed by atoms with Crippen molar-refractivity contribution in [2.75, 3.05) is 13.6 Å². The van der Waals surface area contributed by atoms with Gasteiger partial charge < -0.3 is 4.90 Å². The van der Waals surface area contributed by atoms with Crippen LogP contribution in [0.4, 0.5) is 0 Å². The molecule has 1 unspecified atom stereocenters. The van der Waals surface area contributed by atoms with Gasteiger partial charge in [0.05, 0.1) is 0 Å². The molecule has 0 N–H and O–H groups in total. The second kappa shape index (κ2) is 6.51. The average molecular weight is 291 g/mol. The van der Waals surface area contributed by atoms with Crippen molar-refractivity contribution in [3.05, 3.63) is 34.3 Å². The van der Waals surface area contributed by atoms with Crippen molar-refractivity contribution in [3.63, 3.8) is 0 Å². The molecule has 15 heavy (non-hydrogen) atoms. The molecule has 0 bridgehead atoms. The Morgan fingerprint density at radius 3 is 2.67 bits per heavy atom. The molecule has 1 aromatic rings. The molecular formula is C12H17BrClN. The van der Waals surface area contributed by atoms with E-state index < -0.39 is 0 Å². The summed E-state index contributed by atoms with van der Waals surface area (Å²) >= 11 is 9.47.